The zero-order chi connectivity index (χ0) is 21.4. The second-order valence-corrected chi connectivity index (χ2v) is 9.40. The van der Waals surface area contributed by atoms with Gasteiger partial charge in [0.05, 0.1) is 18.3 Å². The lowest BCUT2D eigenvalue weighted by molar-refractivity contribution is -0.132. The van der Waals surface area contributed by atoms with Crippen molar-refractivity contribution in [3.8, 4) is 5.75 Å². The number of fused-ring (bicyclic) bond motifs is 4. The van der Waals surface area contributed by atoms with Crippen LogP contribution in [0.4, 0.5) is 0 Å². The number of aryl methyl sites for hydroxylation is 3. The molecule has 3 aromatic rings. The van der Waals surface area contributed by atoms with Crippen LogP contribution in [0.3, 0.4) is 0 Å². The lowest BCUT2D eigenvalue weighted by Gasteiger charge is -2.29. The van der Waals surface area contributed by atoms with E-state index in [-0.39, 0.29) is 11.5 Å². The molecule has 31 heavy (non-hydrogen) atoms. The first-order valence-electron chi connectivity index (χ1n) is 11.2. The molecular formula is C24H27N3O3S. The molecule has 2 aromatic heterocycles. The lowest BCUT2D eigenvalue weighted by atomic mass is 9.97. The molecule has 0 atom stereocenters. The molecule has 0 radical (unpaired) electrons. The normalized spacial score (nSPS) is 15.6. The zero-order valence-corrected chi connectivity index (χ0v) is 18.7. The molecule has 2 aliphatic rings. The van der Waals surface area contributed by atoms with Gasteiger partial charge in [-0.2, -0.15) is 0 Å². The summed E-state index contributed by atoms with van der Waals surface area (Å²) >= 11 is 1.66. The number of thiophene rings is 1. The average Bonchev–Trinajstić information content (AvgIpc) is 3.17. The highest BCUT2D eigenvalue weighted by Crippen LogP contribution is 2.33. The molecule has 6 nitrogen and oxygen atoms in total. The number of carbonyl (C=O) groups is 1. The number of ether oxygens (including phenoxy) is 1. The molecule has 0 fully saturated rings. The minimum Gasteiger partial charge on any atom is -0.494 e. The second kappa shape index (κ2) is 8.46. The smallest absolute Gasteiger partial charge is 0.262 e. The van der Waals surface area contributed by atoms with Crippen molar-refractivity contribution in [2.45, 2.75) is 58.5 Å². The van der Waals surface area contributed by atoms with Crippen molar-refractivity contribution < 1.29 is 9.53 Å². The van der Waals surface area contributed by atoms with Crippen molar-refractivity contribution in [3.63, 3.8) is 0 Å². The van der Waals surface area contributed by atoms with Crippen LogP contribution in [0.15, 0.2) is 29.3 Å². The van der Waals surface area contributed by atoms with Gasteiger partial charge in [0.25, 0.3) is 5.56 Å². The summed E-state index contributed by atoms with van der Waals surface area (Å²) in [6.07, 6.45) is 7.10. The van der Waals surface area contributed by atoms with Crippen molar-refractivity contribution >= 4 is 27.5 Å². The summed E-state index contributed by atoms with van der Waals surface area (Å²) in [4.78, 5) is 34.6. The Balaban J connectivity index is 1.30. The van der Waals surface area contributed by atoms with Crippen molar-refractivity contribution in [3.05, 3.63) is 56.4 Å². The maximum atomic E-state index is 13.1. The number of rotatable bonds is 5. The summed E-state index contributed by atoms with van der Waals surface area (Å²) in [5.41, 5.74) is 3.63. The van der Waals surface area contributed by atoms with Crippen LogP contribution in [0.1, 0.15) is 47.8 Å². The Morgan fingerprint density at radius 3 is 2.94 bits per heavy atom. The maximum absolute atomic E-state index is 13.1. The number of hydrogen-bond acceptors (Lipinski definition) is 5. The highest BCUT2D eigenvalue weighted by molar-refractivity contribution is 7.18. The molecule has 0 N–H and O–H groups in total. The monoisotopic (exact) mass is 437 g/mol. The summed E-state index contributed by atoms with van der Waals surface area (Å²) in [6.45, 7) is 4.27. The van der Waals surface area contributed by atoms with Gasteiger partial charge in [0.15, 0.2) is 0 Å². The second-order valence-electron chi connectivity index (χ2n) is 8.31. The molecule has 1 amide bonds. The minimum atomic E-state index is 0.00236. The Morgan fingerprint density at radius 2 is 2.06 bits per heavy atom. The molecule has 162 valence electrons. The molecule has 1 aliphatic heterocycles. The molecule has 5 rings (SSSR count). The first kappa shape index (κ1) is 20.2. The molecule has 0 saturated carbocycles. The van der Waals surface area contributed by atoms with E-state index in [1.54, 1.807) is 22.2 Å². The largest absolute Gasteiger partial charge is 0.494 e. The van der Waals surface area contributed by atoms with Gasteiger partial charge in [-0.05, 0) is 67.9 Å². The number of nitrogens with zero attached hydrogens (tertiary/aromatic N) is 3. The van der Waals surface area contributed by atoms with E-state index in [0.29, 0.717) is 32.7 Å². The molecule has 1 aromatic carbocycles. The summed E-state index contributed by atoms with van der Waals surface area (Å²) in [5.74, 6) is 0.924. The van der Waals surface area contributed by atoms with E-state index in [1.165, 1.54) is 22.4 Å². The van der Waals surface area contributed by atoms with E-state index in [2.05, 4.69) is 11.1 Å². The van der Waals surface area contributed by atoms with Crippen molar-refractivity contribution in [1.82, 2.24) is 14.5 Å². The van der Waals surface area contributed by atoms with Gasteiger partial charge >= 0.3 is 0 Å². The van der Waals surface area contributed by atoms with Crippen molar-refractivity contribution in [2.24, 2.45) is 0 Å². The van der Waals surface area contributed by atoms with Gasteiger partial charge in [0, 0.05) is 30.9 Å². The van der Waals surface area contributed by atoms with E-state index < -0.39 is 0 Å². The summed E-state index contributed by atoms with van der Waals surface area (Å²) in [5, 5.41) is 0.782. The van der Waals surface area contributed by atoms with Crippen LogP contribution in [0.25, 0.3) is 10.2 Å². The zero-order valence-electron chi connectivity index (χ0n) is 17.9. The van der Waals surface area contributed by atoms with E-state index in [0.717, 1.165) is 47.2 Å². The fourth-order valence-corrected chi connectivity index (χ4v) is 5.94. The number of amides is 1. The number of benzene rings is 1. The lowest BCUT2D eigenvalue weighted by Crippen LogP contribution is -2.37. The number of carbonyl (C=O) groups excluding carboxylic acids is 1. The molecule has 0 saturated heterocycles. The minimum absolute atomic E-state index is 0.00236. The Labute approximate surface area is 185 Å². The predicted octanol–water partition coefficient (Wildman–Crippen LogP) is 3.71. The highest BCUT2D eigenvalue weighted by atomic mass is 32.1. The molecule has 0 unspecified atom stereocenters. The maximum Gasteiger partial charge on any atom is 0.262 e. The van der Waals surface area contributed by atoms with Gasteiger partial charge in [0.1, 0.15) is 10.6 Å². The predicted molar refractivity (Wildman–Crippen MR) is 122 cm³/mol. The standard InChI is InChI=1S/C24H27N3O3S/c1-2-30-18-8-7-16-9-11-26(14-17(16)13-18)21(28)10-12-27-15-25-23-22(24(27)29)19-5-3-4-6-20(19)31-23/h7-8,13,15H,2-6,9-12,14H2,1H3. The molecule has 3 heterocycles. The SMILES string of the molecule is CCOc1ccc2c(c1)CN(C(=O)CCn1cnc3sc4c(c3c1=O)CCCC4)CC2. The summed E-state index contributed by atoms with van der Waals surface area (Å²) in [6, 6.07) is 6.14. The van der Waals surface area contributed by atoms with E-state index in [4.69, 9.17) is 4.74 Å². The molecule has 0 bridgehead atoms. The quantitative estimate of drug-likeness (QED) is 0.610. The van der Waals surface area contributed by atoms with Gasteiger partial charge in [-0.15, -0.1) is 11.3 Å². The number of hydrogen-bond donors (Lipinski definition) is 0. The van der Waals surface area contributed by atoms with Gasteiger partial charge < -0.3 is 9.64 Å². The van der Waals surface area contributed by atoms with Gasteiger partial charge in [-0.25, -0.2) is 4.98 Å². The fourth-order valence-electron chi connectivity index (χ4n) is 4.72. The van der Waals surface area contributed by atoms with Crippen LogP contribution in [-0.4, -0.2) is 33.5 Å². The van der Waals surface area contributed by atoms with Gasteiger partial charge in [-0.1, -0.05) is 6.07 Å². The van der Waals surface area contributed by atoms with E-state index in [1.807, 2.05) is 24.0 Å². The highest BCUT2D eigenvalue weighted by Gasteiger charge is 2.23. The fraction of sp³-hybridized carbons (Fsp3) is 0.458. The van der Waals surface area contributed by atoms with E-state index >= 15 is 0 Å². The van der Waals surface area contributed by atoms with Crippen LogP contribution in [0.2, 0.25) is 0 Å². The van der Waals surface area contributed by atoms with Crippen LogP contribution in [-0.2, 0) is 37.1 Å². The third-order valence-electron chi connectivity index (χ3n) is 6.36. The first-order chi connectivity index (χ1) is 15.1. The Hall–Kier alpha value is -2.67. The van der Waals surface area contributed by atoms with Crippen LogP contribution >= 0.6 is 11.3 Å². The van der Waals surface area contributed by atoms with Crippen LogP contribution in [0.5, 0.6) is 5.75 Å². The third kappa shape index (κ3) is 3.87. The number of aromatic nitrogens is 2. The third-order valence-corrected chi connectivity index (χ3v) is 7.56. The van der Waals surface area contributed by atoms with Gasteiger partial charge in [0.2, 0.25) is 5.91 Å². The van der Waals surface area contributed by atoms with Crippen LogP contribution < -0.4 is 10.3 Å². The summed E-state index contributed by atoms with van der Waals surface area (Å²) in [7, 11) is 0. The molecule has 0 spiro atoms. The average molecular weight is 438 g/mol. The van der Waals surface area contributed by atoms with Crippen molar-refractivity contribution in [1.29, 1.82) is 0 Å². The Morgan fingerprint density at radius 1 is 1.19 bits per heavy atom. The topological polar surface area (TPSA) is 64.4 Å². The molecular weight excluding hydrogens is 410 g/mol. The Kier molecular flexibility index (Phi) is 5.52. The van der Waals surface area contributed by atoms with Crippen molar-refractivity contribution in [2.75, 3.05) is 13.2 Å². The van der Waals surface area contributed by atoms with E-state index in [9.17, 15) is 9.59 Å². The molecule has 7 heteroatoms. The summed E-state index contributed by atoms with van der Waals surface area (Å²) < 4.78 is 7.22. The van der Waals surface area contributed by atoms with Crippen LogP contribution in [0, 0.1) is 0 Å². The van der Waals surface area contributed by atoms with Gasteiger partial charge in [-0.3, -0.25) is 14.2 Å². The molecule has 1 aliphatic carbocycles. The first-order valence-corrected chi connectivity index (χ1v) is 12.0. The Bertz CT molecular complexity index is 1200.